The number of nitrogens with zero attached hydrogens (tertiary/aromatic N) is 2. The van der Waals surface area contributed by atoms with Gasteiger partial charge in [-0.15, -0.1) is 0 Å². The first-order chi connectivity index (χ1) is 7.19. The number of aromatic nitrogens is 2. The fourth-order valence-electron chi connectivity index (χ4n) is 1.23. The van der Waals surface area contributed by atoms with E-state index in [2.05, 4.69) is 15.6 Å². The minimum atomic E-state index is -0.203. The van der Waals surface area contributed by atoms with Crippen LogP contribution in [0.3, 0.4) is 0 Å². The third-order valence-electron chi connectivity index (χ3n) is 1.95. The number of nitrogens with one attached hydrogen (secondary N) is 2. The van der Waals surface area contributed by atoms with Crippen molar-refractivity contribution in [2.45, 2.75) is 6.54 Å². The van der Waals surface area contributed by atoms with Crippen LogP contribution in [0.2, 0.25) is 0 Å². The van der Waals surface area contributed by atoms with Crippen LogP contribution in [-0.4, -0.2) is 40.8 Å². The molecule has 0 unspecified atom stereocenters. The summed E-state index contributed by atoms with van der Waals surface area (Å²) in [6.07, 6.45) is 1.79. The number of amides is 1. The summed E-state index contributed by atoms with van der Waals surface area (Å²) in [6.45, 7) is 1.16. The molecule has 0 aliphatic heterocycles. The van der Waals surface area contributed by atoms with Crippen LogP contribution >= 0.6 is 0 Å². The molecule has 6 nitrogen and oxygen atoms in total. The number of hydrogen-bond acceptors (Lipinski definition) is 4. The van der Waals surface area contributed by atoms with Crippen LogP contribution < -0.4 is 10.6 Å². The third-order valence-corrected chi connectivity index (χ3v) is 1.95. The summed E-state index contributed by atoms with van der Waals surface area (Å²) in [5.41, 5.74) is 0.782. The quantitative estimate of drug-likeness (QED) is 0.539. The lowest BCUT2D eigenvalue weighted by molar-refractivity contribution is 0.0949. The van der Waals surface area contributed by atoms with Crippen LogP contribution in [0.4, 0.5) is 0 Å². The Labute approximate surface area is 88.3 Å². The molecule has 1 amide bonds. The van der Waals surface area contributed by atoms with E-state index in [1.807, 2.05) is 0 Å². The van der Waals surface area contributed by atoms with Crippen molar-refractivity contribution in [2.24, 2.45) is 7.05 Å². The minimum Gasteiger partial charge on any atom is -0.395 e. The average molecular weight is 212 g/mol. The van der Waals surface area contributed by atoms with Crippen LogP contribution in [0.5, 0.6) is 0 Å². The van der Waals surface area contributed by atoms with Crippen LogP contribution in [0.1, 0.15) is 16.3 Å². The number of aliphatic hydroxyl groups is 1. The molecule has 0 bridgehead atoms. The Hall–Kier alpha value is -1.40. The van der Waals surface area contributed by atoms with Gasteiger partial charge >= 0.3 is 0 Å². The van der Waals surface area contributed by atoms with Crippen LogP contribution in [0, 0.1) is 0 Å². The molecular formula is C9H16N4O2. The van der Waals surface area contributed by atoms with Gasteiger partial charge in [0.1, 0.15) is 0 Å². The van der Waals surface area contributed by atoms with Crippen molar-refractivity contribution in [3.05, 3.63) is 17.7 Å². The smallest absolute Gasteiger partial charge is 0.287 e. The lowest BCUT2D eigenvalue weighted by Gasteiger charge is -1.97. The number of aryl methyl sites for hydroxylation is 1. The standard InChI is InChI=1S/C9H16N4O2/c1-10-9(15)8-12-7(6-13(8)2)5-11-3-4-14/h6,11,14H,3-5H2,1-2H3,(H,10,15). The van der Waals surface area contributed by atoms with Gasteiger partial charge in [0.25, 0.3) is 5.91 Å². The monoisotopic (exact) mass is 212 g/mol. The summed E-state index contributed by atoms with van der Waals surface area (Å²) in [5, 5.41) is 14.1. The zero-order valence-electron chi connectivity index (χ0n) is 8.95. The van der Waals surface area contributed by atoms with E-state index in [1.165, 1.54) is 0 Å². The van der Waals surface area contributed by atoms with E-state index >= 15 is 0 Å². The molecule has 1 aromatic rings. The van der Waals surface area contributed by atoms with E-state index in [0.717, 1.165) is 5.69 Å². The number of hydrogen-bond donors (Lipinski definition) is 3. The first kappa shape index (κ1) is 11.7. The topological polar surface area (TPSA) is 79.2 Å². The molecule has 0 fully saturated rings. The maximum absolute atomic E-state index is 11.3. The van der Waals surface area contributed by atoms with Crippen LogP contribution in [-0.2, 0) is 13.6 Å². The van der Waals surface area contributed by atoms with Gasteiger partial charge in [-0.25, -0.2) is 4.98 Å². The largest absolute Gasteiger partial charge is 0.395 e. The summed E-state index contributed by atoms with van der Waals surface area (Å²) < 4.78 is 1.68. The van der Waals surface area contributed by atoms with Gasteiger partial charge in [-0.3, -0.25) is 4.79 Å². The van der Waals surface area contributed by atoms with Crippen molar-refractivity contribution >= 4 is 5.91 Å². The van der Waals surface area contributed by atoms with E-state index in [0.29, 0.717) is 18.9 Å². The summed E-state index contributed by atoms with van der Waals surface area (Å²) in [5.74, 6) is 0.184. The number of aliphatic hydroxyl groups excluding tert-OH is 1. The average Bonchev–Trinajstić information content (AvgIpc) is 2.59. The molecule has 0 saturated heterocycles. The molecule has 0 aliphatic carbocycles. The Bertz CT molecular complexity index is 335. The minimum absolute atomic E-state index is 0.0924. The molecule has 15 heavy (non-hydrogen) atoms. The second-order valence-electron chi connectivity index (χ2n) is 3.15. The van der Waals surface area contributed by atoms with Crippen LogP contribution in [0.25, 0.3) is 0 Å². The van der Waals surface area contributed by atoms with Gasteiger partial charge in [0.05, 0.1) is 12.3 Å². The number of carbonyl (C=O) groups is 1. The van der Waals surface area contributed by atoms with Crippen molar-refractivity contribution in [2.75, 3.05) is 20.2 Å². The fraction of sp³-hybridized carbons (Fsp3) is 0.556. The Morgan fingerprint density at radius 1 is 1.67 bits per heavy atom. The molecule has 0 spiro atoms. The van der Waals surface area contributed by atoms with Gasteiger partial charge in [-0.1, -0.05) is 0 Å². The normalized spacial score (nSPS) is 10.3. The summed E-state index contributed by atoms with van der Waals surface area (Å²) >= 11 is 0. The van der Waals surface area contributed by atoms with Crippen molar-refractivity contribution < 1.29 is 9.90 Å². The highest BCUT2D eigenvalue weighted by atomic mass is 16.3. The second-order valence-corrected chi connectivity index (χ2v) is 3.15. The highest BCUT2D eigenvalue weighted by Crippen LogP contribution is 2.00. The molecule has 0 atom stereocenters. The van der Waals surface area contributed by atoms with Gasteiger partial charge < -0.3 is 20.3 Å². The maximum Gasteiger partial charge on any atom is 0.287 e. The third kappa shape index (κ3) is 3.03. The molecule has 6 heteroatoms. The molecule has 0 saturated carbocycles. The van der Waals surface area contributed by atoms with Gasteiger partial charge in [0.2, 0.25) is 0 Å². The molecule has 0 radical (unpaired) electrons. The van der Waals surface area contributed by atoms with Crippen molar-refractivity contribution in [3.8, 4) is 0 Å². The van der Waals surface area contributed by atoms with Crippen molar-refractivity contribution in [1.29, 1.82) is 0 Å². The molecule has 3 N–H and O–H groups in total. The highest BCUT2D eigenvalue weighted by molar-refractivity contribution is 5.90. The fourth-order valence-corrected chi connectivity index (χ4v) is 1.23. The lowest BCUT2D eigenvalue weighted by Crippen LogP contribution is -2.22. The Balaban J connectivity index is 2.64. The zero-order chi connectivity index (χ0) is 11.3. The van der Waals surface area contributed by atoms with Gasteiger partial charge in [0, 0.05) is 33.4 Å². The predicted octanol–water partition coefficient (Wildman–Crippen LogP) is -1.14. The number of imidazole rings is 1. The molecule has 1 heterocycles. The Morgan fingerprint density at radius 2 is 2.40 bits per heavy atom. The van der Waals surface area contributed by atoms with Crippen LogP contribution in [0.15, 0.2) is 6.20 Å². The van der Waals surface area contributed by atoms with E-state index in [1.54, 1.807) is 24.9 Å². The van der Waals surface area contributed by atoms with Gasteiger partial charge in [-0.05, 0) is 0 Å². The molecule has 0 aromatic carbocycles. The molecule has 84 valence electrons. The Morgan fingerprint density at radius 3 is 3.00 bits per heavy atom. The van der Waals surface area contributed by atoms with Gasteiger partial charge in [0.15, 0.2) is 5.82 Å². The van der Waals surface area contributed by atoms with E-state index in [-0.39, 0.29) is 12.5 Å². The molecule has 1 aromatic heterocycles. The zero-order valence-corrected chi connectivity index (χ0v) is 8.95. The van der Waals surface area contributed by atoms with E-state index in [9.17, 15) is 4.79 Å². The summed E-state index contributed by atoms with van der Waals surface area (Å²) in [4.78, 5) is 15.5. The predicted molar refractivity (Wildman–Crippen MR) is 55.4 cm³/mol. The molecule has 1 rings (SSSR count). The molecule has 0 aliphatic rings. The summed E-state index contributed by atoms with van der Waals surface area (Å²) in [7, 11) is 3.34. The van der Waals surface area contributed by atoms with E-state index < -0.39 is 0 Å². The lowest BCUT2D eigenvalue weighted by atomic mass is 10.4. The summed E-state index contributed by atoms with van der Waals surface area (Å²) in [6, 6.07) is 0. The first-order valence-corrected chi connectivity index (χ1v) is 4.75. The SMILES string of the molecule is CNC(=O)c1nc(CNCCO)cn1C. The maximum atomic E-state index is 11.3. The second kappa shape index (κ2) is 5.47. The van der Waals surface area contributed by atoms with Crippen molar-refractivity contribution in [3.63, 3.8) is 0 Å². The first-order valence-electron chi connectivity index (χ1n) is 4.75. The van der Waals surface area contributed by atoms with E-state index in [4.69, 9.17) is 5.11 Å². The highest BCUT2D eigenvalue weighted by Gasteiger charge is 2.11. The number of carbonyl (C=O) groups excluding carboxylic acids is 1. The van der Waals surface area contributed by atoms with Crippen molar-refractivity contribution in [1.82, 2.24) is 20.2 Å². The molecular weight excluding hydrogens is 196 g/mol. The Kier molecular flexibility index (Phi) is 4.26. The van der Waals surface area contributed by atoms with Gasteiger partial charge in [-0.2, -0.15) is 0 Å². The number of rotatable bonds is 5.